The third kappa shape index (κ3) is 7.16. The Hall–Kier alpha value is -3.29. The van der Waals surface area contributed by atoms with Crippen molar-refractivity contribution in [3.05, 3.63) is 48.6 Å². The van der Waals surface area contributed by atoms with Crippen LogP contribution in [0.5, 0.6) is 0 Å². The van der Waals surface area contributed by atoms with Crippen molar-refractivity contribution in [2.75, 3.05) is 0 Å². The highest BCUT2D eigenvalue weighted by Gasteiger charge is 2.46. The van der Waals surface area contributed by atoms with Crippen molar-refractivity contribution in [3.63, 3.8) is 0 Å². The molecule has 0 radical (unpaired) electrons. The summed E-state index contributed by atoms with van der Waals surface area (Å²) in [6.45, 7) is 6.67. The van der Waals surface area contributed by atoms with Gasteiger partial charge in [0.1, 0.15) is 6.04 Å². The number of primary amides is 1. The van der Waals surface area contributed by atoms with Gasteiger partial charge in [0.15, 0.2) is 5.60 Å². The first-order chi connectivity index (χ1) is 14.6. The summed E-state index contributed by atoms with van der Waals surface area (Å²) in [7, 11) is 0. The number of nitrogens with one attached hydrogen (secondary N) is 2. The molecule has 1 aromatic carbocycles. The molecular weight excluding hydrogens is 412 g/mol. The summed E-state index contributed by atoms with van der Waals surface area (Å²) in [5.41, 5.74) is 4.00. The first-order valence-electron chi connectivity index (χ1n) is 9.21. The van der Waals surface area contributed by atoms with E-state index in [2.05, 4.69) is 25.0 Å². The summed E-state index contributed by atoms with van der Waals surface area (Å²) < 4.78 is 26.0. The van der Waals surface area contributed by atoms with E-state index >= 15 is 0 Å². The minimum Gasteiger partial charge on any atom is -0.381 e. The first kappa shape index (κ1) is 25.7. The molecule has 4 unspecified atom stereocenters. The molecule has 0 heterocycles. The van der Waals surface area contributed by atoms with Crippen LogP contribution in [0.3, 0.4) is 0 Å². The lowest BCUT2D eigenvalue weighted by Crippen LogP contribution is -2.61. The molecule has 1 fully saturated rings. The van der Waals surface area contributed by atoms with Gasteiger partial charge in [-0.25, -0.2) is 14.3 Å². The van der Waals surface area contributed by atoms with Gasteiger partial charge in [0.25, 0.3) is 18.2 Å². The van der Waals surface area contributed by atoms with Crippen molar-refractivity contribution in [2.45, 2.75) is 37.8 Å². The molecule has 2 rings (SSSR count). The zero-order valence-electron chi connectivity index (χ0n) is 16.9. The average molecular weight is 437 g/mol. The maximum Gasteiger partial charge on any atom is 0.269 e. The lowest BCUT2D eigenvalue weighted by molar-refractivity contribution is -0.149. The second-order valence-electron chi connectivity index (χ2n) is 7.03. The van der Waals surface area contributed by atoms with Crippen LogP contribution in [0.1, 0.15) is 35.7 Å². The monoisotopic (exact) mass is 437 g/mol. The highest BCUT2D eigenvalue weighted by atomic mass is 19.3. The Morgan fingerprint density at radius 1 is 1.29 bits per heavy atom. The van der Waals surface area contributed by atoms with Crippen molar-refractivity contribution >= 4 is 17.7 Å². The van der Waals surface area contributed by atoms with Gasteiger partial charge in [0.05, 0.1) is 0 Å². The summed E-state index contributed by atoms with van der Waals surface area (Å²) >= 11 is 0. The van der Waals surface area contributed by atoms with E-state index in [4.69, 9.17) is 10.9 Å². The third-order valence-corrected chi connectivity index (χ3v) is 4.61. The van der Waals surface area contributed by atoms with E-state index in [9.17, 15) is 28.3 Å². The molecule has 0 aromatic heterocycles. The Kier molecular flexibility index (Phi) is 9.30. The summed E-state index contributed by atoms with van der Waals surface area (Å²) in [6, 6.07) is 3.71. The maximum atomic E-state index is 13.0. The largest absolute Gasteiger partial charge is 0.381 e. The number of carbonyl (C=O) groups is 3. The summed E-state index contributed by atoms with van der Waals surface area (Å²) in [6.07, 6.45) is -2.26. The number of halogens is 2. The molecule has 31 heavy (non-hydrogen) atoms. The molecule has 0 bridgehead atoms. The minimum atomic E-state index is -3.36. The quantitative estimate of drug-likeness (QED) is 0.187. The maximum absolute atomic E-state index is 13.0. The molecule has 3 amide bonds. The van der Waals surface area contributed by atoms with E-state index in [-0.39, 0.29) is 23.3 Å². The van der Waals surface area contributed by atoms with Gasteiger partial charge in [-0.1, -0.05) is 11.8 Å². The van der Waals surface area contributed by atoms with Gasteiger partial charge < -0.3 is 16.2 Å². The van der Waals surface area contributed by atoms with Crippen LogP contribution in [0.4, 0.5) is 8.78 Å². The number of alkyl halides is 2. The number of carbonyl (C=O) groups excluding carboxylic acids is 3. The summed E-state index contributed by atoms with van der Waals surface area (Å²) in [5, 5.41) is 20.5. The molecular formula is C21H25F2N3O5. The number of amides is 3. The predicted octanol–water partition coefficient (Wildman–Crippen LogP) is 0.972. The van der Waals surface area contributed by atoms with E-state index in [1.807, 2.05) is 5.32 Å². The standard InChI is InChI=1S/C19H21F2N3O5.C2H4/c1-19(28,18(20)21)15(17(27)24-29)23-16(26)11-5-2-10(3-6-11)4-7-12-8-13(12)9-14(22)25;1-2/h2-3,5-6,12-13,15,18,28-29H,8-9H2,1H3,(H2,22,25)(H,23,26)(H,24,27);1-2H2. The predicted molar refractivity (Wildman–Crippen MR) is 108 cm³/mol. The molecule has 1 aliphatic rings. The van der Waals surface area contributed by atoms with Crippen molar-refractivity contribution in [3.8, 4) is 11.8 Å². The van der Waals surface area contributed by atoms with Gasteiger partial charge in [0, 0.05) is 23.5 Å². The molecule has 6 N–H and O–H groups in total. The smallest absolute Gasteiger partial charge is 0.269 e. The van der Waals surface area contributed by atoms with Gasteiger partial charge in [-0.3, -0.25) is 19.6 Å². The lowest BCUT2D eigenvalue weighted by atomic mass is 9.95. The zero-order chi connectivity index (χ0) is 23.8. The zero-order valence-corrected chi connectivity index (χ0v) is 16.9. The van der Waals surface area contributed by atoms with Crippen LogP contribution < -0.4 is 16.5 Å². The topological polar surface area (TPSA) is 142 Å². The van der Waals surface area contributed by atoms with E-state index in [1.54, 1.807) is 0 Å². The van der Waals surface area contributed by atoms with Crippen LogP contribution in [0.2, 0.25) is 0 Å². The fourth-order valence-corrected chi connectivity index (χ4v) is 2.67. The van der Waals surface area contributed by atoms with Crippen LogP contribution in [-0.4, -0.2) is 46.1 Å². The van der Waals surface area contributed by atoms with Gasteiger partial charge in [-0.15, -0.1) is 13.2 Å². The highest BCUT2D eigenvalue weighted by molar-refractivity contribution is 5.97. The Morgan fingerprint density at radius 2 is 1.87 bits per heavy atom. The molecule has 10 heteroatoms. The van der Waals surface area contributed by atoms with E-state index in [0.29, 0.717) is 18.9 Å². The molecule has 1 aromatic rings. The van der Waals surface area contributed by atoms with Gasteiger partial charge in [-0.05, 0) is 43.5 Å². The molecule has 8 nitrogen and oxygen atoms in total. The molecule has 1 saturated carbocycles. The number of hydrogen-bond acceptors (Lipinski definition) is 5. The molecule has 0 saturated heterocycles. The van der Waals surface area contributed by atoms with Crippen LogP contribution >= 0.6 is 0 Å². The van der Waals surface area contributed by atoms with Crippen LogP contribution in [0.25, 0.3) is 0 Å². The van der Waals surface area contributed by atoms with E-state index in [1.165, 1.54) is 24.3 Å². The Labute approximate surface area is 178 Å². The van der Waals surface area contributed by atoms with Gasteiger partial charge in [-0.2, -0.15) is 0 Å². The van der Waals surface area contributed by atoms with Crippen LogP contribution in [0.15, 0.2) is 37.4 Å². The van der Waals surface area contributed by atoms with Crippen molar-refractivity contribution in [1.82, 2.24) is 10.8 Å². The second kappa shape index (κ2) is 11.2. The molecule has 4 atom stereocenters. The minimum absolute atomic E-state index is 0.0365. The van der Waals surface area contributed by atoms with Crippen LogP contribution in [0, 0.1) is 23.7 Å². The average Bonchev–Trinajstić information content (AvgIpc) is 3.48. The van der Waals surface area contributed by atoms with Crippen molar-refractivity contribution in [1.29, 1.82) is 0 Å². The number of hydrogen-bond donors (Lipinski definition) is 5. The second-order valence-corrected chi connectivity index (χ2v) is 7.03. The van der Waals surface area contributed by atoms with Crippen molar-refractivity contribution < 1.29 is 33.5 Å². The number of hydroxylamine groups is 1. The molecule has 0 aliphatic heterocycles. The van der Waals surface area contributed by atoms with Gasteiger partial charge >= 0.3 is 0 Å². The first-order valence-corrected chi connectivity index (χ1v) is 9.21. The molecule has 1 aliphatic carbocycles. The number of nitrogens with two attached hydrogens (primary N) is 1. The van der Waals surface area contributed by atoms with Crippen LogP contribution in [-0.2, 0) is 9.59 Å². The summed E-state index contributed by atoms with van der Waals surface area (Å²) in [4.78, 5) is 34.7. The van der Waals surface area contributed by atoms with E-state index in [0.717, 1.165) is 11.9 Å². The fourth-order valence-electron chi connectivity index (χ4n) is 2.67. The molecule has 168 valence electrons. The lowest BCUT2D eigenvalue weighted by Gasteiger charge is -2.30. The van der Waals surface area contributed by atoms with E-state index < -0.39 is 29.9 Å². The molecule has 0 spiro atoms. The Morgan fingerprint density at radius 3 is 2.35 bits per heavy atom. The fraction of sp³-hybridized carbons (Fsp3) is 0.381. The number of rotatable bonds is 7. The SMILES string of the molecule is C=C.CC(O)(C(F)F)C(NC(=O)c1ccc(C#CC2CC2CC(N)=O)cc1)C(=O)NO. The third-order valence-electron chi connectivity index (χ3n) is 4.61. The Balaban J connectivity index is 0.00000233. The summed E-state index contributed by atoms with van der Waals surface area (Å²) in [5.74, 6) is 3.53. The Bertz CT molecular complexity index is 862. The highest BCUT2D eigenvalue weighted by Crippen LogP contribution is 2.40. The normalized spacial score (nSPS) is 19.4. The number of aliphatic hydroxyl groups is 1. The number of benzene rings is 1. The van der Waals surface area contributed by atoms with Crippen molar-refractivity contribution in [2.24, 2.45) is 17.6 Å². The van der Waals surface area contributed by atoms with Gasteiger partial charge in [0.2, 0.25) is 5.91 Å².